The summed E-state index contributed by atoms with van der Waals surface area (Å²) in [5.74, 6) is 3.21. The number of aryl methyl sites for hydroxylation is 2. The molecule has 0 atom stereocenters. The number of pyridine rings is 2. The predicted molar refractivity (Wildman–Crippen MR) is 328 cm³/mol. The zero-order valence-electron chi connectivity index (χ0n) is 47.3. The van der Waals surface area contributed by atoms with E-state index in [9.17, 15) is 0 Å². The summed E-state index contributed by atoms with van der Waals surface area (Å²) < 4.78 is 19.0. The van der Waals surface area contributed by atoms with Crippen LogP contribution in [-0.2, 0) is 21.1 Å². The Morgan fingerprint density at radius 1 is 0.444 bits per heavy atom. The van der Waals surface area contributed by atoms with Gasteiger partial charge < -0.3 is 18.3 Å². The summed E-state index contributed by atoms with van der Waals surface area (Å²) in [6.45, 7) is 22.2. The third-order valence-electron chi connectivity index (χ3n) is 15.7. The van der Waals surface area contributed by atoms with Gasteiger partial charge in [-0.05, 0) is 148 Å². The van der Waals surface area contributed by atoms with Crippen LogP contribution in [0, 0.1) is 26.0 Å². The van der Waals surface area contributed by atoms with Gasteiger partial charge in [0.25, 0.3) is 0 Å². The van der Waals surface area contributed by atoms with Gasteiger partial charge in [-0.25, -0.2) is 9.97 Å². The quantitative estimate of drug-likeness (QED) is 0.113. The molecule has 0 N–H and O–H groups in total. The Kier molecular flexibility index (Phi) is 13.9. The van der Waals surface area contributed by atoms with Gasteiger partial charge in [-0.2, -0.15) is 0 Å². The maximum atomic E-state index is 7.20. The molecule has 0 unspecified atom stereocenters. The Morgan fingerprint density at radius 2 is 0.951 bits per heavy atom. The van der Waals surface area contributed by atoms with Crippen LogP contribution in [0.15, 0.2) is 174 Å². The zero-order valence-corrected chi connectivity index (χ0v) is 49.6. The SMILES string of the molecule is Cc1ccc2c(n1)nc(C)c1c3cc(Oc4[c-]c(-c5nc6ccccc6n5-c5c(C(C)C)cc(-c6ccccc6)cc5C(C)C)ccc4)[c-]c(-c4nc5ccccc5n4-c4c(C(C)C)cc(-c5ccccc5)cc4C(C)C)c3oc21.[Pt+2]. The van der Waals surface area contributed by atoms with Crippen LogP contribution in [0.5, 0.6) is 11.5 Å². The molecule has 81 heavy (non-hydrogen) atoms. The van der Waals surface area contributed by atoms with E-state index in [0.717, 1.165) is 72.4 Å². The Morgan fingerprint density at radius 3 is 1.49 bits per heavy atom. The van der Waals surface area contributed by atoms with Crippen molar-refractivity contribution in [2.45, 2.75) is 92.9 Å². The largest absolute Gasteiger partial charge is 2.00 e. The van der Waals surface area contributed by atoms with Crippen LogP contribution in [0.25, 0.3) is 111 Å². The molecule has 0 saturated heterocycles. The number of hydrogen-bond donors (Lipinski definition) is 0. The van der Waals surface area contributed by atoms with E-state index in [1.54, 1.807) is 0 Å². The first kappa shape index (κ1) is 53.2. The van der Waals surface area contributed by atoms with Crippen molar-refractivity contribution in [3.63, 3.8) is 0 Å². The number of rotatable bonds is 12. The maximum Gasteiger partial charge on any atom is 2.00 e. The first-order valence-corrected chi connectivity index (χ1v) is 28.0. The van der Waals surface area contributed by atoms with Crippen molar-refractivity contribution in [2.75, 3.05) is 0 Å². The van der Waals surface area contributed by atoms with E-state index in [4.69, 9.17) is 29.1 Å². The van der Waals surface area contributed by atoms with Crippen LogP contribution in [0.3, 0.4) is 0 Å². The van der Waals surface area contributed by atoms with E-state index >= 15 is 0 Å². The number of para-hydroxylation sites is 4. The van der Waals surface area contributed by atoms with Crippen molar-refractivity contribution >= 4 is 55.0 Å². The van der Waals surface area contributed by atoms with Crippen LogP contribution in [0.4, 0.5) is 0 Å². The second kappa shape index (κ2) is 21.2. The molecule has 0 saturated carbocycles. The molecule has 402 valence electrons. The minimum atomic E-state index is 0. The summed E-state index contributed by atoms with van der Waals surface area (Å²) in [6, 6.07) is 67.3. The van der Waals surface area contributed by atoms with Crippen LogP contribution in [0.2, 0.25) is 0 Å². The number of furan rings is 1. The van der Waals surface area contributed by atoms with E-state index in [2.05, 4.69) is 222 Å². The summed E-state index contributed by atoms with van der Waals surface area (Å²) in [5.41, 5.74) is 20.8. The molecule has 9 heteroatoms. The molecule has 0 bridgehead atoms. The topological polar surface area (TPSA) is 83.8 Å². The van der Waals surface area contributed by atoms with Gasteiger partial charge in [0.15, 0.2) is 5.65 Å². The second-order valence-corrected chi connectivity index (χ2v) is 22.5. The van der Waals surface area contributed by atoms with E-state index in [1.165, 1.54) is 44.5 Å². The average Bonchev–Trinajstić information content (AvgIpc) is 4.36. The number of imidazole rings is 2. The third-order valence-corrected chi connectivity index (χ3v) is 15.7. The van der Waals surface area contributed by atoms with Gasteiger partial charge in [0, 0.05) is 39.6 Å². The first-order chi connectivity index (χ1) is 38.8. The Balaban J connectivity index is 0.00000651. The van der Waals surface area contributed by atoms with Gasteiger partial charge in [-0.15, -0.1) is 23.8 Å². The molecule has 5 heterocycles. The zero-order chi connectivity index (χ0) is 55.1. The molecule has 13 rings (SSSR count). The van der Waals surface area contributed by atoms with Crippen molar-refractivity contribution in [1.29, 1.82) is 0 Å². The van der Waals surface area contributed by atoms with Crippen LogP contribution in [-0.4, -0.2) is 29.1 Å². The molecule has 8 nitrogen and oxygen atoms in total. The van der Waals surface area contributed by atoms with E-state index in [1.807, 2.05) is 38.1 Å². The summed E-state index contributed by atoms with van der Waals surface area (Å²) >= 11 is 0. The summed E-state index contributed by atoms with van der Waals surface area (Å²) in [7, 11) is 0. The fourth-order valence-corrected chi connectivity index (χ4v) is 11.7. The van der Waals surface area contributed by atoms with Crippen molar-refractivity contribution in [1.82, 2.24) is 29.1 Å². The van der Waals surface area contributed by atoms with Gasteiger partial charge in [-0.1, -0.05) is 164 Å². The predicted octanol–water partition coefficient (Wildman–Crippen LogP) is 19.4. The van der Waals surface area contributed by atoms with Crippen molar-refractivity contribution in [3.05, 3.63) is 216 Å². The minimum Gasteiger partial charge on any atom is -0.500 e. The smallest absolute Gasteiger partial charge is 0.500 e. The van der Waals surface area contributed by atoms with Crippen molar-refractivity contribution in [3.8, 4) is 67.9 Å². The first-order valence-electron chi connectivity index (χ1n) is 28.0. The van der Waals surface area contributed by atoms with E-state index in [0.29, 0.717) is 39.7 Å². The minimum absolute atomic E-state index is 0. The molecule has 0 aliphatic heterocycles. The van der Waals surface area contributed by atoms with Gasteiger partial charge >= 0.3 is 21.1 Å². The Labute approximate surface area is 487 Å². The molecule has 0 radical (unpaired) electrons. The molecule has 0 fully saturated rings. The standard InChI is InChI=1S/C72H62N6O2.Pt/c1-41(2)55-35-50(47-22-13-11-14-23-47)36-56(42(3)4)66(55)77-63-30-19-17-28-61(63)75-71(77)49-26-21-27-52(34-49)79-53-39-59-65-46(10)74-70-54(33-32-45(9)73-70)69(65)80-68(59)60(40-53)72-76-62-29-18-20-31-64(62)78(72)67-57(43(5)6)37-51(38-58(67)44(7)8)48-24-15-12-16-25-48;/h11-33,35-39,41-44H,1-10H3;/q-2;+2. The number of nitrogens with zero attached hydrogens (tertiary/aromatic N) is 6. The number of ether oxygens (including phenoxy) is 1. The third kappa shape index (κ3) is 9.33. The van der Waals surface area contributed by atoms with E-state index < -0.39 is 0 Å². The van der Waals surface area contributed by atoms with Crippen LogP contribution in [0.1, 0.15) is 113 Å². The number of benzene rings is 8. The summed E-state index contributed by atoms with van der Waals surface area (Å²) in [6.07, 6.45) is 0. The molecule has 13 aromatic rings. The van der Waals surface area contributed by atoms with Gasteiger partial charge in [0.1, 0.15) is 5.58 Å². The fourth-order valence-electron chi connectivity index (χ4n) is 11.7. The van der Waals surface area contributed by atoms with Crippen LogP contribution >= 0.6 is 0 Å². The van der Waals surface area contributed by atoms with E-state index in [-0.39, 0.29) is 44.7 Å². The maximum absolute atomic E-state index is 7.20. The molecular weight excluding hydrogens is 1180 g/mol. The normalized spacial score (nSPS) is 11.9. The Bertz CT molecular complexity index is 4490. The number of fused-ring (bicyclic) bond motifs is 7. The molecule has 0 aliphatic carbocycles. The molecule has 0 spiro atoms. The van der Waals surface area contributed by atoms with Crippen LogP contribution < -0.4 is 4.74 Å². The average molecular weight is 1240 g/mol. The van der Waals surface area contributed by atoms with Gasteiger partial charge in [-0.3, -0.25) is 9.97 Å². The second-order valence-electron chi connectivity index (χ2n) is 22.5. The Hall–Kier alpha value is -8.45. The number of aromatic nitrogens is 6. The molecule has 0 aliphatic rings. The summed E-state index contributed by atoms with van der Waals surface area (Å²) in [4.78, 5) is 20.9. The fraction of sp³-hybridized carbons (Fsp3) is 0.194. The molecule has 5 aromatic heterocycles. The summed E-state index contributed by atoms with van der Waals surface area (Å²) in [5, 5.41) is 2.54. The van der Waals surface area contributed by atoms with Crippen molar-refractivity contribution < 1.29 is 30.2 Å². The monoisotopic (exact) mass is 1240 g/mol. The number of hydrogen-bond acceptors (Lipinski definition) is 6. The van der Waals surface area contributed by atoms with Crippen molar-refractivity contribution in [2.24, 2.45) is 0 Å². The molecule has 0 amide bonds. The molecule has 8 aromatic carbocycles. The van der Waals surface area contributed by atoms with Gasteiger partial charge in [0.05, 0.1) is 44.7 Å². The van der Waals surface area contributed by atoms with Gasteiger partial charge in [0.2, 0.25) is 0 Å². The molecular formula is C72H62N6O2Pt.